The summed E-state index contributed by atoms with van der Waals surface area (Å²) in [5.74, 6) is 0.463. The van der Waals surface area contributed by atoms with Gasteiger partial charge in [0, 0.05) is 13.1 Å². The number of halogens is 1. The number of nitrogens with one attached hydrogen (secondary N) is 3. The van der Waals surface area contributed by atoms with Crippen molar-refractivity contribution in [2.45, 2.75) is 6.04 Å². The molecule has 4 nitrogen and oxygen atoms in total. The average molecular weight is 206 g/mol. The van der Waals surface area contributed by atoms with Crippen molar-refractivity contribution in [3.63, 3.8) is 0 Å². The zero-order valence-corrected chi connectivity index (χ0v) is 8.05. The van der Waals surface area contributed by atoms with E-state index in [-0.39, 0.29) is 5.82 Å². The van der Waals surface area contributed by atoms with Gasteiger partial charge in [-0.15, -0.1) is 0 Å². The highest BCUT2D eigenvalue weighted by Gasteiger charge is 2.17. The van der Waals surface area contributed by atoms with Crippen LogP contribution in [0.4, 0.5) is 10.3 Å². The van der Waals surface area contributed by atoms with E-state index in [1.165, 1.54) is 12.1 Å². The van der Waals surface area contributed by atoms with Gasteiger partial charge in [-0.05, 0) is 18.2 Å². The highest BCUT2D eigenvalue weighted by atomic mass is 19.1. The molecule has 0 amide bonds. The number of hydrogen-bond donors (Lipinski definition) is 3. The molecule has 0 saturated carbocycles. The molecule has 1 aromatic carbocycles. The Bertz CT molecular complexity index is 489. The van der Waals surface area contributed by atoms with Crippen LogP contribution in [0, 0.1) is 5.82 Å². The van der Waals surface area contributed by atoms with Crippen LogP contribution in [-0.4, -0.2) is 29.1 Å². The van der Waals surface area contributed by atoms with Crippen molar-refractivity contribution in [2.24, 2.45) is 0 Å². The number of benzene rings is 1. The molecule has 0 radical (unpaired) electrons. The number of fused-ring (bicyclic) bond motifs is 1. The van der Waals surface area contributed by atoms with Crippen LogP contribution in [0.2, 0.25) is 0 Å². The molecule has 1 aliphatic heterocycles. The maximum absolute atomic E-state index is 12.9. The van der Waals surface area contributed by atoms with Gasteiger partial charge in [-0.3, -0.25) is 0 Å². The lowest BCUT2D eigenvalue weighted by Gasteiger charge is -2.27. The van der Waals surface area contributed by atoms with E-state index in [0.29, 0.717) is 12.0 Å². The molecular formula is C10H11FN4. The molecule has 5 heteroatoms. The third-order valence-corrected chi connectivity index (χ3v) is 2.57. The van der Waals surface area contributed by atoms with Crippen molar-refractivity contribution in [3.05, 3.63) is 24.0 Å². The van der Waals surface area contributed by atoms with Gasteiger partial charge in [0.2, 0.25) is 5.95 Å². The van der Waals surface area contributed by atoms with E-state index in [4.69, 9.17) is 0 Å². The summed E-state index contributed by atoms with van der Waals surface area (Å²) in [6.45, 7) is 1.90. The van der Waals surface area contributed by atoms with Gasteiger partial charge in [-0.2, -0.15) is 0 Å². The van der Waals surface area contributed by atoms with Crippen LogP contribution >= 0.6 is 0 Å². The van der Waals surface area contributed by atoms with Crippen LogP contribution in [0.1, 0.15) is 0 Å². The summed E-state index contributed by atoms with van der Waals surface area (Å²) in [7, 11) is 0. The molecule has 1 aliphatic rings. The molecule has 0 unspecified atom stereocenters. The van der Waals surface area contributed by atoms with Gasteiger partial charge in [0.15, 0.2) is 0 Å². The van der Waals surface area contributed by atoms with Gasteiger partial charge >= 0.3 is 0 Å². The highest BCUT2D eigenvalue weighted by molar-refractivity contribution is 5.77. The maximum Gasteiger partial charge on any atom is 0.201 e. The number of imidazole rings is 1. The number of nitrogens with zero attached hydrogens (tertiary/aromatic N) is 1. The van der Waals surface area contributed by atoms with Crippen molar-refractivity contribution in [3.8, 4) is 0 Å². The fraction of sp³-hybridized carbons (Fsp3) is 0.300. The molecular weight excluding hydrogens is 195 g/mol. The molecule has 15 heavy (non-hydrogen) atoms. The normalized spacial score (nSPS) is 16.6. The van der Waals surface area contributed by atoms with Gasteiger partial charge in [-0.1, -0.05) is 0 Å². The Morgan fingerprint density at radius 1 is 1.40 bits per heavy atom. The number of aromatic amines is 1. The molecule has 1 aromatic heterocycles. The zero-order chi connectivity index (χ0) is 10.3. The van der Waals surface area contributed by atoms with Crippen molar-refractivity contribution < 1.29 is 4.39 Å². The number of anilines is 1. The first kappa shape index (κ1) is 8.67. The van der Waals surface area contributed by atoms with Crippen LogP contribution in [-0.2, 0) is 0 Å². The number of aromatic nitrogens is 2. The van der Waals surface area contributed by atoms with Gasteiger partial charge in [0.25, 0.3) is 0 Å². The van der Waals surface area contributed by atoms with E-state index in [1.54, 1.807) is 6.07 Å². The maximum atomic E-state index is 12.9. The Labute approximate surface area is 85.9 Å². The topological polar surface area (TPSA) is 52.7 Å². The SMILES string of the molecule is Fc1ccc2nc(NC3CNC3)[nH]c2c1. The molecule has 0 bridgehead atoms. The van der Waals surface area contributed by atoms with E-state index >= 15 is 0 Å². The third kappa shape index (κ3) is 1.55. The van der Waals surface area contributed by atoms with Crippen LogP contribution < -0.4 is 10.6 Å². The Morgan fingerprint density at radius 2 is 2.27 bits per heavy atom. The minimum Gasteiger partial charge on any atom is -0.351 e. The minimum atomic E-state index is -0.247. The predicted molar refractivity (Wildman–Crippen MR) is 56.3 cm³/mol. The molecule has 0 spiro atoms. The molecule has 3 rings (SSSR count). The highest BCUT2D eigenvalue weighted by Crippen LogP contribution is 2.16. The number of rotatable bonds is 2. The molecule has 2 heterocycles. The summed E-state index contributed by atoms with van der Waals surface area (Å²) < 4.78 is 12.9. The van der Waals surface area contributed by atoms with Crippen molar-refractivity contribution in [1.82, 2.24) is 15.3 Å². The van der Waals surface area contributed by atoms with Gasteiger partial charge < -0.3 is 15.6 Å². The smallest absolute Gasteiger partial charge is 0.201 e. The fourth-order valence-electron chi connectivity index (χ4n) is 1.63. The van der Waals surface area contributed by atoms with Crippen LogP contribution in [0.3, 0.4) is 0 Å². The molecule has 3 N–H and O–H groups in total. The van der Waals surface area contributed by atoms with Crippen molar-refractivity contribution >= 4 is 17.0 Å². The van der Waals surface area contributed by atoms with Gasteiger partial charge in [-0.25, -0.2) is 9.37 Å². The molecule has 1 saturated heterocycles. The summed E-state index contributed by atoms with van der Waals surface area (Å²) in [6, 6.07) is 4.96. The predicted octanol–water partition coefficient (Wildman–Crippen LogP) is 1.09. The Balaban J connectivity index is 1.91. The van der Waals surface area contributed by atoms with Gasteiger partial charge in [0.1, 0.15) is 5.82 Å². The van der Waals surface area contributed by atoms with E-state index < -0.39 is 0 Å². The fourth-order valence-corrected chi connectivity index (χ4v) is 1.63. The summed E-state index contributed by atoms with van der Waals surface area (Å²) >= 11 is 0. The van der Waals surface area contributed by atoms with E-state index in [1.807, 2.05) is 0 Å². The second-order valence-electron chi connectivity index (χ2n) is 3.75. The number of hydrogen-bond acceptors (Lipinski definition) is 3. The van der Waals surface area contributed by atoms with Crippen LogP contribution in [0.15, 0.2) is 18.2 Å². The first-order valence-corrected chi connectivity index (χ1v) is 4.94. The quantitative estimate of drug-likeness (QED) is 0.689. The second-order valence-corrected chi connectivity index (χ2v) is 3.75. The summed E-state index contributed by atoms with van der Waals surface area (Å²) in [5.41, 5.74) is 1.51. The van der Waals surface area contributed by atoms with E-state index in [2.05, 4.69) is 20.6 Å². The lowest BCUT2D eigenvalue weighted by Crippen LogP contribution is -2.51. The standard InChI is InChI=1S/C10H11FN4/c11-6-1-2-8-9(3-6)15-10(14-8)13-7-4-12-5-7/h1-3,7,12H,4-5H2,(H2,13,14,15). The Kier molecular flexibility index (Phi) is 1.85. The summed E-state index contributed by atoms with van der Waals surface area (Å²) in [5, 5.41) is 6.40. The molecule has 1 fully saturated rings. The monoisotopic (exact) mass is 206 g/mol. The molecule has 2 aromatic rings. The van der Waals surface area contributed by atoms with Crippen LogP contribution in [0.5, 0.6) is 0 Å². The number of H-pyrrole nitrogens is 1. The Hall–Kier alpha value is -1.62. The Morgan fingerprint density at radius 3 is 3.00 bits per heavy atom. The summed E-state index contributed by atoms with van der Waals surface area (Å²) in [4.78, 5) is 7.36. The largest absolute Gasteiger partial charge is 0.351 e. The third-order valence-electron chi connectivity index (χ3n) is 2.57. The molecule has 0 atom stereocenters. The van der Waals surface area contributed by atoms with E-state index in [0.717, 1.165) is 24.1 Å². The zero-order valence-electron chi connectivity index (χ0n) is 8.05. The van der Waals surface area contributed by atoms with Crippen molar-refractivity contribution in [2.75, 3.05) is 18.4 Å². The van der Waals surface area contributed by atoms with Gasteiger partial charge in [0.05, 0.1) is 17.1 Å². The van der Waals surface area contributed by atoms with Crippen LogP contribution in [0.25, 0.3) is 11.0 Å². The van der Waals surface area contributed by atoms with E-state index in [9.17, 15) is 4.39 Å². The lowest BCUT2D eigenvalue weighted by molar-refractivity contribution is 0.470. The minimum absolute atomic E-state index is 0.247. The van der Waals surface area contributed by atoms with Crippen molar-refractivity contribution in [1.29, 1.82) is 0 Å². The first-order valence-electron chi connectivity index (χ1n) is 4.94. The molecule has 0 aliphatic carbocycles. The summed E-state index contributed by atoms with van der Waals surface area (Å²) in [6.07, 6.45) is 0. The first-order chi connectivity index (χ1) is 7.31. The average Bonchev–Trinajstić information content (AvgIpc) is 2.53. The molecule has 78 valence electrons. The second kappa shape index (κ2) is 3.20. The lowest BCUT2D eigenvalue weighted by atomic mass is 10.2.